The average Bonchev–Trinajstić information content (AvgIpc) is 2.67. The molecular formula is C15H29N3O2. The van der Waals surface area contributed by atoms with Gasteiger partial charge in [-0.05, 0) is 26.3 Å². The number of carbonyl (C=O) groups is 2. The Labute approximate surface area is 122 Å². The summed E-state index contributed by atoms with van der Waals surface area (Å²) in [6.45, 7) is 2.98. The molecule has 2 N–H and O–H groups in total. The van der Waals surface area contributed by atoms with Gasteiger partial charge in [0.15, 0.2) is 0 Å². The molecule has 3 amide bonds. The second kappa shape index (κ2) is 9.75. The van der Waals surface area contributed by atoms with Crippen LogP contribution in [-0.4, -0.2) is 43.0 Å². The van der Waals surface area contributed by atoms with E-state index in [1.807, 2.05) is 7.05 Å². The minimum atomic E-state index is -0.377. The van der Waals surface area contributed by atoms with E-state index in [4.69, 9.17) is 0 Å². The van der Waals surface area contributed by atoms with E-state index in [9.17, 15) is 9.59 Å². The predicted molar refractivity (Wildman–Crippen MR) is 80.6 cm³/mol. The Balaban J connectivity index is 2.24. The van der Waals surface area contributed by atoms with Crippen molar-refractivity contribution < 1.29 is 9.59 Å². The summed E-state index contributed by atoms with van der Waals surface area (Å²) in [4.78, 5) is 25.4. The first-order chi connectivity index (χ1) is 9.63. The molecule has 0 unspecified atom stereocenters. The summed E-state index contributed by atoms with van der Waals surface area (Å²) in [5, 5.41) is 5.08. The lowest BCUT2D eigenvalue weighted by atomic mass is 10.1. The molecule has 0 radical (unpaired) electrons. The van der Waals surface area contributed by atoms with Crippen molar-refractivity contribution in [3.63, 3.8) is 0 Å². The van der Waals surface area contributed by atoms with Crippen LogP contribution < -0.4 is 10.6 Å². The molecule has 1 rings (SSSR count). The molecule has 1 fully saturated rings. The molecule has 1 aliphatic rings. The highest BCUT2D eigenvalue weighted by molar-refractivity contribution is 5.95. The molecule has 0 aromatic rings. The molecule has 5 nitrogen and oxygen atoms in total. The first kappa shape index (κ1) is 17.0. The second-order valence-electron chi connectivity index (χ2n) is 5.72. The SMILES string of the molecule is CCCCNC(=O)NC(=O)CN(C)C1CCCCCC1. The molecule has 0 bridgehead atoms. The van der Waals surface area contributed by atoms with Gasteiger partial charge in [0.25, 0.3) is 0 Å². The highest BCUT2D eigenvalue weighted by atomic mass is 16.2. The minimum absolute atomic E-state index is 0.217. The van der Waals surface area contributed by atoms with Crippen LogP contribution in [0.15, 0.2) is 0 Å². The summed E-state index contributed by atoms with van der Waals surface area (Å²) in [5.74, 6) is -0.217. The van der Waals surface area contributed by atoms with Crippen molar-refractivity contribution in [2.75, 3.05) is 20.1 Å². The van der Waals surface area contributed by atoms with Gasteiger partial charge in [-0.25, -0.2) is 4.79 Å². The minimum Gasteiger partial charge on any atom is -0.338 e. The van der Waals surface area contributed by atoms with Crippen molar-refractivity contribution in [3.8, 4) is 0 Å². The lowest BCUT2D eigenvalue weighted by Crippen LogP contribution is -2.46. The standard InChI is InChI=1S/C15H29N3O2/c1-3-4-11-16-15(20)17-14(19)12-18(2)13-9-7-5-6-8-10-13/h13H,3-12H2,1-2H3,(H2,16,17,19,20). The third-order valence-electron chi connectivity index (χ3n) is 3.91. The Morgan fingerprint density at radius 2 is 1.80 bits per heavy atom. The number of likely N-dealkylation sites (N-methyl/N-ethyl adjacent to an activating group) is 1. The lowest BCUT2D eigenvalue weighted by molar-refractivity contribution is -0.121. The van der Waals surface area contributed by atoms with Gasteiger partial charge in [0, 0.05) is 12.6 Å². The zero-order valence-electron chi connectivity index (χ0n) is 12.9. The van der Waals surface area contributed by atoms with Crippen molar-refractivity contribution in [3.05, 3.63) is 0 Å². The van der Waals surface area contributed by atoms with E-state index in [0.717, 1.165) is 25.7 Å². The molecule has 116 valence electrons. The van der Waals surface area contributed by atoms with Crippen molar-refractivity contribution in [1.29, 1.82) is 0 Å². The predicted octanol–water partition coefficient (Wildman–Crippen LogP) is 2.27. The number of amides is 3. The van der Waals surface area contributed by atoms with Crippen molar-refractivity contribution in [2.24, 2.45) is 0 Å². The fourth-order valence-electron chi connectivity index (χ4n) is 2.64. The molecule has 0 heterocycles. The highest BCUT2D eigenvalue weighted by Gasteiger charge is 2.19. The van der Waals surface area contributed by atoms with Gasteiger partial charge in [-0.3, -0.25) is 15.0 Å². The number of carbonyl (C=O) groups excluding carboxylic acids is 2. The molecule has 1 saturated carbocycles. The quantitative estimate of drug-likeness (QED) is 0.580. The van der Waals surface area contributed by atoms with E-state index in [-0.39, 0.29) is 11.9 Å². The number of urea groups is 1. The van der Waals surface area contributed by atoms with E-state index in [1.165, 1.54) is 25.7 Å². The Morgan fingerprint density at radius 1 is 1.15 bits per heavy atom. The Kier molecular flexibility index (Phi) is 8.26. The Bertz CT molecular complexity index is 299. The number of imide groups is 1. The van der Waals surface area contributed by atoms with Crippen LogP contribution in [0.2, 0.25) is 0 Å². The zero-order chi connectivity index (χ0) is 14.8. The first-order valence-corrected chi connectivity index (χ1v) is 7.91. The number of unbranched alkanes of at least 4 members (excludes halogenated alkanes) is 1. The molecule has 5 heteroatoms. The lowest BCUT2D eigenvalue weighted by Gasteiger charge is -2.26. The maximum absolute atomic E-state index is 11.8. The van der Waals surface area contributed by atoms with Crippen LogP contribution in [-0.2, 0) is 4.79 Å². The number of hydrogen-bond acceptors (Lipinski definition) is 3. The summed E-state index contributed by atoms with van der Waals surface area (Å²) in [7, 11) is 1.98. The number of nitrogens with zero attached hydrogens (tertiary/aromatic N) is 1. The largest absolute Gasteiger partial charge is 0.338 e. The fraction of sp³-hybridized carbons (Fsp3) is 0.867. The number of nitrogens with one attached hydrogen (secondary N) is 2. The van der Waals surface area contributed by atoms with Gasteiger partial charge in [-0.15, -0.1) is 0 Å². The molecule has 0 spiro atoms. The third kappa shape index (κ3) is 6.89. The average molecular weight is 283 g/mol. The summed E-state index contributed by atoms with van der Waals surface area (Å²) in [5.41, 5.74) is 0. The van der Waals surface area contributed by atoms with Gasteiger partial charge in [-0.2, -0.15) is 0 Å². The van der Waals surface area contributed by atoms with Crippen LogP contribution in [0.1, 0.15) is 58.3 Å². The molecule has 1 aliphatic carbocycles. The fourth-order valence-corrected chi connectivity index (χ4v) is 2.64. The van der Waals surface area contributed by atoms with Crippen molar-refractivity contribution >= 4 is 11.9 Å². The smallest absolute Gasteiger partial charge is 0.321 e. The van der Waals surface area contributed by atoms with Crippen LogP contribution in [0, 0.1) is 0 Å². The molecular weight excluding hydrogens is 254 g/mol. The van der Waals surface area contributed by atoms with Gasteiger partial charge in [0.05, 0.1) is 6.54 Å². The van der Waals surface area contributed by atoms with E-state index < -0.39 is 0 Å². The van der Waals surface area contributed by atoms with Crippen LogP contribution in [0.25, 0.3) is 0 Å². The third-order valence-corrected chi connectivity index (χ3v) is 3.91. The highest BCUT2D eigenvalue weighted by Crippen LogP contribution is 2.20. The summed E-state index contributed by atoms with van der Waals surface area (Å²) < 4.78 is 0. The van der Waals surface area contributed by atoms with Gasteiger partial charge >= 0.3 is 6.03 Å². The molecule has 20 heavy (non-hydrogen) atoms. The van der Waals surface area contributed by atoms with E-state index in [0.29, 0.717) is 19.1 Å². The summed E-state index contributed by atoms with van der Waals surface area (Å²) in [6, 6.07) is 0.101. The second-order valence-corrected chi connectivity index (χ2v) is 5.72. The summed E-state index contributed by atoms with van der Waals surface area (Å²) >= 11 is 0. The maximum Gasteiger partial charge on any atom is 0.321 e. The molecule has 0 saturated heterocycles. The monoisotopic (exact) mass is 283 g/mol. The molecule has 0 aromatic carbocycles. The van der Waals surface area contributed by atoms with Crippen LogP contribution in [0.4, 0.5) is 4.79 Å². The van der Waals surface area contributed by atoms with Crippen LogP contribution >= 0.6 is 0 Å². The van der Waals surface area contributed by atoms with E-state index in [2.05, 4.69) is 22.5 Å². The molecule has 0 aliphatic heterocycles. The van der Waals surface area contributed by atoms with Crippen LogP contribution in [0.5, 0.6) is 0 Å². The van der Waals surface area contributed by atoms with Gasteiger partial charge < -0.3 is 5.32 Å². The van der Waals surface area contributed by atoms with E-state index >= 15 is 0 Å². The number of rotatable bonds is 6. The number of hydrogen-bond donors (Lipinski definition) is 2. The maximum atomic E-state index is 11.8. The van der Waals surface area contributed by atoms with Gasteiger partial charge in [0.1, 0.15) is 0 Å². The Morgan fingerprint density at radius 3 is 2.40 bits per heavy atom. The van der Waals surface area contributed by atoms with Crippen molar-refractivity contribution in [1.82, 2.24) is 15.5 Å². The van der Waals surface area contributed by atoms with E-state index in [1.54, 1.807) is 0 Å². The normalized spacial score (nSPS) is 16.8. The zero-order valence-corrected chi connectivity index (χ0v) is 12.9. The first-order valence-electron chi connectivity index (χ1n) is 7.91. The topological polar surface area (TPSA) is 61.4 Å². The van der Waals surface area contributed by atoms with Crippen molar-refractivity contribution in [2.45, 2.75) is 64.3 Å². The van der Waals surface area contributed by atoms with Crippen LogP contribution in [0.3, 0.4) is 0 Å². The Hall–Kier alpha value is -1.10. The molecule has 0 aromatic heterocycles. The van der Waals surface area contributed by atoms with Gasteiger partial charge in [0.2, 0.25) is 5.91 Å². The molecule has 0 atom stereocenters. The van der Waals surface area contributed by atoms with Gasteiger partial charge in [-0.1, -0.05) is 39.0 Å². The summed E-state index contributed by atoms with van der Waals surface area (Å²) in [6.07, 6.45) is 9.37.